The van der Waals surface area contributed by atoms with Gasteiger partial charge in [0, 0.05) is 48.9 Å². The first-order valence-electron chi connectivity index (χ1n) is 27.4. The Kier molecular flexibility index (Phi) is 53.5. The molecule has 0 N–H and O–H groups in total. The zero-order valence-corrected chi connectivity index (χ0v) is 49.7. The van der Waals surface area contributed by atoms with Crippen molar-refractivity contribution in [2.75, 3.05) is 145 Å². The average molecular weight is 1100 g/mol. The van der Waals surface area contributed by atoms with E-state index in [0.717, 1.165) is 0 Å². The van der Waals surface area contributed by atoms with E-state index in [1.54, 1.807) is 0 Å². The lowest BCUT2D eigenvalue weighted by atomic mass is 9.88. The van der Waals surface area contributed by atoms with Crippen molar-refractivity contribution in [3.05, 3.63) is 0 Å². The van der Waals surface area contributed by atoms with E-state index in [4.69, 9.17) is 66.3 Å². The van der Waals surface area contributed by atoms with Crippen LogP contribution >= 0.6 is 0 Å². The van der Waals surface area contributed by atoms with Crippen LogP contribution in [0.2, 0.25) is 0 Å². The van der Waals surface area contributed by atoms with Crippen LogP contribution in [0.3, 0.4) is 0 Å². The Morgan fingerprint density at radius 1 is 0.289 bits per heavy atom. The molecule has 0 aliphatic rings. The van der Waals surface area contributed by atoms with Crippen LogP contribution in [0, 0.1) is 16.7 Å². The third kappa shape index (κ3) is 61.8. The van der Waals surface area contributed by atoms with Gasteiger partial charge in [0.1, 0.15) is 37.2 Å². The van der Waals surface area contributed by atoms with E-state index >= 15 is 0 Å². The number of ketones is 3. The quantitative estimate of drug-likeness (QED) is 0.0325. The maximum atomic E-state index is 11.7. The topological polar surface area (TPSA) is 232 Å². The highest BCUT2D eigenvalue weighted by Gasteiger charge is 2.22. The fourth-order valence-corrected chi connectivity index (χ4v) is 5.34. The molecule has 0 aliphatic heterocycles. The second-order valence-corrected chi connectivity index (χ2v) is 20.5. The number of hydrogen-bond donors (Lipinski definition) is 0. The minimum atomic E-state index is -0.368. The molecule has 0 bridgehead atoms. The smallest absolute Gasteiger partial charge is 0.306 e. The van der Waals surface area contributed by atoms with E-state index in [0.29, 0.717) is 151 Å². The Morgan fingerprint density at radius 3 is 0.737 bits per heavy atom. The number of ether oxygens (including phenoxy) is 14. The molecule has 0 rings (SSSR count). The van der Waals surface area contributed by atoms with Crippen LogP contribution in [0.25, 0.3) is 0 Å². The third-order valence-corrected chi connectivity index (χ3v) is 9.83. The van der Waals surface area contributed by atoms with Gasteiger partial charge in [-0.1, -0.05) is 55.4 Å². The molecule has 0 aromatic heterocycles. The van der Waals surface area contributed by atoms with Gasteiger partial charge in [0.25, 0.3) is 0 Å². The Morgan fingerprint density at radius 2 is 0.513 bits per heavy atom. The predicted molar refractivity (Wildman–Crippen MR) is 288 cm³/mol. The van der Waals surface area contributed by atoms with Crippen LogP contribution < -0.4 is 0 Å². The molecule has 20 nitrogen and oxygen atoms in total. The lowest BCUT2D eigenvalue weighted by Crippen LogP contribution is -2.20. The SMILES string of the molecule is CC(C)OCCOCCOCCOC(=O)CCCC(=O)C(C)(C)C.CC(C)OCCOCCOCCOCCOC(=O)CCC(=O)C(C)C.CC(C)OCCOCCOCCOCCOC(=O)CCCC(=O)C(C)(C)C. The Bertz CT molecular complexity index is 1410. The highest BCUT2D eigenvalue weighted by molar-refractivity contribution is 5.85. The molecule has 0 amide bonds. The van der Waals surface area contributed by atoms with Gasteiger partial charge in [-0.15, -0.1) is 0 Å². The molecule has 76 heavy (non-hydrogen) atoms. The summed E-state index contributed by atoms with van der Waals surface area (Å²) in [5.74, 6) is -0.605. The molecule has 0 atom stereocenters. The summed E-state index contributed by atoms with van der Waals surface area (Å²) in [5, 5.41) is 0. The first-order valence-corrected chi connectivity index (χ1v) is 27.4. The molecule has 0 aromatic carbocycles. The lowest BCUT2D eigenvalue weighted by Gasteiger charge is -2.15. The zero-order valence-electron chi connectivity index (χ0n) is 49.7. The number of carbonyl (C=O) groups is 6. The van der Waals surface area contributed by atoms with Crippen molar-refractivity contribution in [2.24, 2.45) is 16.7 Å². The van der Waals surface area contributed by atoms with Gasteiger partial charge < -0.3 is 66.3 Å². The molecule has 0 aliphatic carbocycles. The van der Waals surface area contributed by atoms with Gasteiger partial charge in [0.2, 0.25) is 0 Å². The van der Waals surface area contributed by atoms with E-state index < -0.39 is 0 Å². The molecule has 450 valence electrons. The van der Waals surface area contributed by atoms with Crippen molar-refractivity contribution in [3.63, 3.8) is 0 Å². The largest absolute Gasteiger partial charge is 0.463 e. The minimum Gasteiger partial charge on any atom is -0.463 e. The second kappa shape index (κ2) is 52.7. The van der Waals surface area contributed by atoms with Crippen molar-refractivity contribution >= 4 is 35.3 Å². The average Bonchev–Trinajstić information content (AvgIpc) is 3.33. The number of carbonyl (C=O) groups excluding carboxylic acids is 6. The molecule has 0 aromatic rings. The van der Waals surface area contributed by atoms with Crippen LogP contribution in [-0.2, 0) is 95.1 Å². The molecule has 0 radical (unpaired) electrons. The summed E-state index contributed by atoms with van der Waals surface area (Å²) in [7, 11) is 0. The first kappa shape index (κ1) is 77.2. The zero-order chi connectivity index (χ0) is 57.9. The fraction of sp³-hybridized carbons (Fsp3) is 0.893. The summed E-state index contributed by atoms with van der Waals surface area (Å²) in [4.78, 5) is 69.3. The van der Waals surface area contributed by atoms with Crippen LogP contribution in [0.1, 0.15) is 148 Å². The summed E-state index contributed by atoms with van der Waals surface area (Å²) >= 11 is 0. The molecule has 0 fully saturated rings. The van der Waals surface area contributed by atoms with Crippen molar-refractivity contribution in [3.8, 4) is 0 Å². The minimum absolute atomic E-state index is 0.0464. The van der Waals surface area contributed by atoms with Crippen LogP contribution in [0.5, 0.6) is 0 Å². The number of esters is 3. The summed E-state index contributed by atoms with van der Waals surface area (Å²) in [6.07, 6.45) is 3.40. The lowest BCUT2D eigenvalue weighted by molar-refractivity contribution is -0.147. The number of hydrogen-bond acceptors (Lipinski definition) is 20. The van der Waals surface area contributed by atoms with Gasteiger partial charge in [0.05, 0.1) is 150 Å². The normalized spacial score (nSPS) is 11.6. The predicted octanol–water partition coefficient (Wildman–Crippen LogP) is 7.57. The molecule has 0 unspecified atom stereocenters. The highest BCUT2D eigenvalue weighted by atomic mass is 16.6. The van der Waals surface area contributed by atoms with Crippen LogP contribution in [-0.4, -0.2) is 199 Å². The maximum Gasteiger partial charge on any atom is 0.306 e. The van der Waals surface area contributed by atoms with E-state index in [-0.39, 0.29) is 116 Å². The molecule has 20 heteroatoms. The van der Waals surface area contributed by atoms with Crippen LogP contribution in [0.15, 0.2) is 0 Å². The Balaban J connectivity index is -0.00000105. The van der Waals surface area contributed by atoms with E-state index in [2.05, 4.69) is 0 Å². The van der Waals surface area contributed by atoms with Gasteiger partial charge >= 0.3 is 17.9 Å². The molecular weight excluding hydrogens is 993 g/mol. The van der Waals surface area contributed by atoms with Gasteiger partial charge in [-0.3, -0.25) is 28.8 Å². The summed E-state index contributed by atoms with van der Waals surface area (Å²) in [5.41, 5.74) is -0.700. The standard InChI is InChI=1S/C20H38O7.C18H34O7.C18H34O6/c1-17(2)26-15-13-24-11-9-23-10-12-25-14-16-27-19(22)8-6-7-18(21)20(3,4)5;1-15(2)17(19)5-6-18(20)25-14-12-23-10-8-21-7-9-22-11-13-24-16(3)4;1-15(2)23-13-11-21-9-10-22-12-14-24-17(20)8-6-7-16(19)18(3,4)5/h17H,6-16H2,1-5H3;15-16H,5-14H2,1-4H3;15H,6-14H2,1-5H3. The molecular formula is C56H106O20. The molecule has 0 heterocycles. The first-order chi connectivity index (χ1) is 35.9. The van der Waals surface area contributed by atoms with Crippen molar-refractivity contribution in [1.82, 2.24) is 0 Å². The summed E-state index contributed by atoms with van der Waals surface area (Å²) in [6, 6.07) is 0. The van der Waals surface area contributed by atoms with E-state index in [1.165, 1.54) is 0 Å². The van der Waals surface area contributed by atoms with Crippen LogP contribution in [0.4, 0.5) is 0 Å². The van der Waals surface area contributed by atoms with E-state index in [9.17, 15) is 28.8 Å². The van der Waals surface area contributed by atoms with Crippen molar-refractivity contribution in [1.29, 1.82) is 0 Å². The summed E-state index contributed by atoms with van der Waals surface area (Å²) in [6.45, 7) is 36.7. The van der Waals surface area contributed by atoms with Gasteiger partial charge in [-0.25, -0.2) is 0 Å². The molecule has 0 saturated carbocycles. The van der Waals surface area contributed by atoms with Crippen molar-refractivity contribution in [2.45, 2.75) is 167 Å². The fourth-order valence-electron chi connectivity index (χ4n) is 5.34. The monoisotopic (exact) mass is 1100 g/mol. The van der Waals surface area contributed by atoms with E-state index in [1.807, 2.05) is 96.9 Å². The third-order valence-electron chi connectivity index (χ3n) is 9.83. The molecule has 0 spiro atoms. The van der Waals surface area contributed by atoms with Crippen molar-refractivity contribution < 1.29 is 95.1 Å². The second-order valence-electron chi connectivity index (χ2n) is 20.5. The number of Topliss-reactive ketones (excluding diaryl/α,β-unsaturated/α-hetero) is 3. The maximum absolute atomic E-state index is 11.7. The van der Waals surface area contributed by atoms with Gasteiger partial charge in [0.15, 0.2) is 0 Å². The van der Waals surface area contributed by atoms with Gasteiger partial charge in [-0.05, 0) is 54.4 Å². The Labute approximate surface area is 457 Å². The van der Waals surface area contributed by atoms with Gasteiger partial charge in [-0.2, -0.15) is 0 Å². The highest BCUT2D eigenvalue weighted by Crippen LogP contribution is 2.19. The Hall–Kier alpha value is -3.02. The number of rotatable bonds is 48. The summed E-state index contributed by atoms with van der Waals surface area (Å²) < 4.78 is 73.7. The molecule has 0 saturated heterocycles.